The van der Waals surface area contributed by atoms with Crippen LogP contribution in [0, 0.1) is 17.8 Å². The first-order valence-electron chi connectivity index (χ1n) is 19.4. The Labute approximate surface area is 319 Å². The number of H-pyrrole nitrogens is 1. The molecule has 0 aliphatic carbocycles. The van der Waals surface area contributed by atoms with Crippen molar-refractivity contribution in [1.29, 1.82) is 0 Å². The van der Waals surface area contributed by atoms with Crippen LogP contribution in [0.15, 0.2) is 30.5 Å². The predicted molar refractivity (Wildman–Crippen MR) is 202 cm³/mol. The van der Waals surface area contributed by atoms with Gasteiger partial charge in [0, 0.05) is 55.6 Å². The number of aliphatic hydroxyl groups is 3. The normalized spacial score (nSPS) is 41.8. The van der Waals surface area contributed by atoms with Crippen LogP contribution in [0.3, 0.4) is 0 Å². The van der Waals surface area contributed by atoms with Gasteiger partial charge < -0.3 is 59.5 Å². The van der Waals surface area contributed by atoms with E-state index in [-0.39, 0.29) is 49.8 Å². The Morgan fingerprint density at radius 1 is 0.981 bits per heavy atom. The second kappa shape index (κ2) is 17.2. The number of nitrogens with zero attached hydrogens (tertiary/aromatic N) is 1. The summed E-state index contributed by atoms with van der Waals surface area (Å²) >= 11 is 0. The lowest BCUT2D eigenvalue weighted by Crippen LogP contribution is -2.60. The maximum Gasteiger partial charge on any atom is 0.242 e. The van der Waals surface area contributed by atoms with Crippen LogP contribution >= 0.6 is 0 Å². The molecule has 0 spiro atoms. The van der Waals surface area contributed by atoms with E-state index in [0.717, 1.165) is 16.5 Å². The van der Waals surface area contributed by atoms with Crippen LogP contribution in [0.4, 0.5) is 0 Å². The molecule has 304 valence electrons. The van der Waals surface area contributed by atoms with Gasteiger partial charge in [0.15, 0.2) is 12.6 Å². The summed E-state index contributed by atoms with van der Waals surface area (Å²) in [6.07, 6.45) is -3.78. The topological polar surface area (TPSA) is 184 Å². The van der Waals surface area contributed by atoms with Gasteiger partial charge in [-0.25, -0.2) is 0 Å². The summed E-state index contributed by atoms with van der Waals surface area (Å²) in [5, 5.41) is 41.9. The monoisotopic (exact) mass is 760 g/mol. The molecule has 2 amide bonds. The van der Waals surface area contributed by atoms with Crippen LogP contribution in [-0.2, 0) is 39.7 Å². The van der Waals surface area contributed by atoms with Gasteiger partial charge in [-0.05, 0) is 72.2 Å². The van der Waals surface area contributed by atoms with Crippen molar-refractivity contribution in [2.24, 2.45) is 17.8 Å². The summed E-state index contributed by atoms with van der Waals surface area (Å²) < 4.78 is 31.6. The van der Waals surface area contributed by atoms with Crippen LogP contribution < -0.4 is 10.6 Å². The molecule has 14 nitrogen and oxygen atoms in total. The van der Waals surface area contributed by atoms with Crippen LogP contribution in [0.5, 0.6) is 0 Å². The molecular weight excluding hydrogens is 696 g/mol. The summed E-state index contributed by atoms with van der Waals surface area (Å²) in [4.78, 5) is 33.5. The fourth-order valence-electron chi connectivity index (χ4n) is 8.75. The Balaban J connectivity index is 1.53. The summed E-state index contributed by atoms with van der Waals surface area (Å²) in [6, 6.07) is 6.62. The van der Waals surface area contributed by atoms with E-state index in [1.54, 1.807) is 27.7 Å². The van der Waals surface area contributed by atoms with Crippen molar-refractivity contribution < 1.29 is 48.6 Å². The largest absolute Gasteiger partial charge is 0.387 e. The Morgan fingerprint density at radius 3 is 2.37 bits per heavy atom. The van der Waals surface area contributed by atoms with E-state index in [9.17, 15) is 24.9 Å². The molecule has 3 saturated heterocycles. The standard InChI is InChI=1S/C40H64N4O10/c1-21-17-39(6,49)35(54-38-32(45)30(44(8)9)15-22(2)51-38)23(3)33(53-31-18-40(7,50-10)34(46)25(5)52-31)24(4)36(47)43-29(37(48)42-19-21)16-26-20-41-28-14-12-11-13-27(26)28/h11-14,20-25,29-35,38,41,45-46,49H,15-19H2,1-10H3,(H,42,48)(H,43,47)/t21-,22-,23+,24-,25+,29?,30+,31?,32-,33+,34+,35-,38?,39-,40?/m1/s1. The number of carbonyl (C=O) groups is 2. The quantitative estimate of drug-likeness (QED) is 0.233. The number of nitrogens with one attached hydrogen (secondary N) is 3. The lowest BCUT2D eigenvalue weighted by atomic mass is 9.77. The van der Waals surface area contributed by atoms with Gasteiger partial charge in [-0.1, -0.05) is 39.0 Å². The summed E-state index contributed by atoms with van der Waals surface area (Å²) in [5.74, 6) is -2.60. The minimum absolute atomic E-state index is 0.156. The van der Waals surface area contributed by atoms with E-state index in [4.69, 9.17) is 23.7 Å². The number of aliphatic hydroxyl groups excluding tert-OH is 2. The molecule has 4 heterocycles. The molecule has 0 bridgehead atoms. The highest BCUT2D eigenvalue weighted by atomic mass is 16.7. The minimum Gasteiger partial charge on any atom is -0.387 e. The number of carbonyl (C=O) groups excluding carboxylic acids is 2. The van der Waals surface area contributed by atoms with Gasteiger partial charge in [0.1, 0.15) is 18.2 Å². The van der Waals surface area contributed by atoms with E-state index in [1.165, 1.54) is 7.11 Å². The molecule has 1 aromatic heterocycles. The molecule has 3 aliphatic heterocycles. The number of para-hydroxylation sites is 1. The Bertz CT molecular complexity index is 1570. The molecule has 54 heavy (non-hydrogen) atoms. The van der Waals surface area contributed by atoms with Crippen LogP contribution in [0.25, 0.3) is 10.9 Å². The zero-order chi connectivity index (χ0) is 39.7. The van der Waals surface area contributed by atoms with Crippen molar-refractivity contribution in [1.82, 2.24) is 20.5 Å². The van der Waals surface area contributed by atoms with Crippen LogP contribution in [-0.4, -0.2) is 137 Å². The van der Waals surface area contributed by atoms with Crippen molar-refractivity contribution in [2.75, 3.05) is 27.7 Å². The molecule has 14 heteroatoms. The second-order valence-electron chi connectivity index (χ2n) is 16.9. The zero-order valence-electron chi connectivity index (χ0n) is 33.6. The maximum absolute atomic E-state index is 14.4. The number of hydrogen-bond acceptors (Lipinski definition) is 11. The molecule has 2 aromatic rings. The third-order valence-corrected chi connectivity index (χ3v) is 12.0. The van der Waals surface area contributed by atoms with Gasteiger partial charge in [-0.15, -0.1) is 0 Å². The van der Waals surface area contributed by atoms with Gasteiger partial charge in [0.05, 0.1) is 41.5 Å². The first-order valence-corrected chi connectivity index (χ1v) is 19.4. The van der Waals surface area contributed by atoms with Crippen molar-refractivity contribution in [3.63, 3.8) is 0 Å². The Morgan fingerprint density at radius 2 is 1.69 bits per heavy atom. The molecule has 4 unspecified atom stereocenters. The average Bonchev–Trinajstić information content (AvgIpc) is 3.52. The lowest BCUT2D eigenvalue weighted by molar-refractivity contribution is -0.317. The second-order valence-corrected chi connectivity index (χ2v) is 16.9. The van der Waals surface area contributed by atoms with Crippen LogP contribution in [0.1, 0.15) is 73.3 Å². The van der Waals surface area contributed by atoms with Crippen molar-refractivity contribution in [3.8, 4) is 0 Å². The average molecular weight is 761 g/mol. The Hall–Kier alpha value is -2.66. The number of ether oxygens (including phenoxy) is 5. The van der Waals surface area contributed by atoms with Crippen molar-refractivity contribution in [3.05, 3.63) is 36.0 Å². The van der Waals surface area contributed by atoms with Crippen molar-refractivity contribution in [2.45, 2.75) is 147 Å². The molecule has 1 aromatic carbocycles. The highest BCUT2D eigenvalue weighted by molar-refractivity contribution is 5.90. The number of fused-ring (bicyclic) bond motifs is 1. The fraction of sp³-hybridized carbons (Fsp3) is 0.750. The van der Waals surface area contributed by atoms with Gasteiger partial charge in [-0.3, -0.25) is 9.59 Å². The SMILES string of the molecule is COC1(C)CC(O[C@H]2[C@H](C)[C@@H](OC3O[C@H](C)C[C@H](N(C)C)[C@H]3O)[C@](C)(O)C[C@@H](C)CNC(=O)C(Cc3c[nH]c4ccccc34)NC(=O)[C@@H]2C)O[C@@H](C)[C@@H]1O. The van der Waals surface area contributed by atoms with Gasteiger partial charge in [-0.2, -0.15) is 0 Å². The van der Waals surface area contributed by atoms with E-state index < -0.39 is 78.1 Å². The lowest BCUT2D eigenvalue weighted by Gasteiger charge is -2.48. The third-order valence-electron chi connectivity index (χ3n) is 12.0. The van der Waals surface area contributed by atoms with E-state index in [2.05, 4.69) is 15.6 Å². The third kappa shape index (κ3) is 9.30. The highest BCUT2D eigenvalue weighted by Gasteiger charge is 2.51. The molecule has 15 atom stereocenters. The predicted octanol–water partition coefficient (Wildman–Crippen LogP) is 2.47. The number of aromatic amines is 1. The molecule has 5 rings (SSSR count). The zero-order valence-corrected chi connectivity index (χ0v) is 33.6. The summed E-state index contributed by atoms with van der Waals surface area (Å²) in [5.41, 5.74) is -0.743. The molecule has 0 radical (unpaired) electrons. The molecule has 3 fully saturated rings. The van der Waals surface area contributed by atoms with E-state index in [0.29, 0.717) is 6.42 Å². The number of benzene rings is 1. The van der Waals surface area contributed by atoms with E-state index >= 15 is 0 Å². The number of methoxy groups -OCH3 is 1. The Kier molecular flexibility index (Phi) is 13.6. The van der Waals surface area contributed by atoms with Gasteiger partial charge in [0.25, 0.3) is 0 Å². The maximum atomic E-state index is 14.4. The molecular formula is C40H64N4O10. The molecule has 3 aliphatic rings. The van der Waals surface area contributed by atoms with Crippen LogP contribution in [0.2, 0.25) is 0 Å². The number of hydrogen-bond donors (Lipinski definition) is 6. The summed E-state index contributed by atoms with van der Waals surface area (Å²) in [7, 11) is 5.31. The number of likely N-dealkylation sites (N-methyl/N-ethyl adjacent to an activating group) is 1. The highest BCUT2D eigenvalue weighted by Crippen LogP contribution is 2.39. The smallest absolute Gasteiger partial charge is 0.242 e. The molecule has 6 N–H and O–H groups in total. The van der Waals surface area contributed by atoms with Gasteiger partial charge >= 0.3 is 0 Å². The van der Waals surface area contributed by atoms with Gasteiger partial charge in [0.2, 0.25) is 11.8 Å². The number of aromatic nitrogens is 1. The minimum atomic E-state index is -1.55. The summed E-state index contributed by atoms with van der Waals surface area (Å²) in [6.45, 7) is 12.9. The fourth-order valence-corrected chi connectivity index (χ4v) is 8.75. The number of rotatable bonds is 8. The molecule has 0 saturated carbocycles. The number of amides is 2. The first kappa shape index (κ1) is 42.5. The first-order chi connectivity index (χ1) is 25.3. The van der Waals surface area contributed by atoms with E-state index in [1.807, 2.05) is 70.2 Å². The van der Waals surface area contributed by atoms with Crippen molar-refractivity contribution >= 4 is 22.7 Å².